The molecule has 0 bridgehead atoms. The van der Waals surface area contributed by atoms with Gasteiger partial charge in [0.2, 0.25) is 0 Å². The number of aliphatic carboxylic acids is 1. The molecule has 0 radical (unpaired) electrons. The lowest BCUT2D eigenvalue weighted by Crippen LogP contribution is -2.16. The third-order valence-corrected chi connectivity index (χ3v) is 1.94. The molecule has 5 heteroatoms. The predicted octanol–water partition coefficient (Wildman–Crippen LogP) is 1.19. The van der Waals surface area contributed by atoms with E-state index in [0.717, 1.165) is 5.69 Å². The summed E-state index contributed by atoms with van der Waals surface area (Å²) in [6.45, 7) is 6.07. The number of aromatic nitrogens is 3. The van der Waals surface area contributed by atoms with Gasteiger partial charge in [0, 0.05) is 11.8 Å². The van der Waals surface area contributed by atoms with Crippen molar-refractivity contribution in [1.29, 1.82) is 0 Å². The average molecular weight is 209 g/mol. The number of carbonyl (C=O) groups is 1. The zero-order valence-corrected chi connectivity index (χ0v) is 9.19. The average Bonchev–Trinajstić information content (AvgIpc) is 2.14. The number of hydrogen-bond donors (Lipinski definition) is 1. The minimum Gasteiger partial charge on any atom is -0.481 e. The van der Waals surface area contributed by atoms with Crippen LogP contribution < -0.4 is 0 Å². The first-order valence-corrected chi connectivity index (χ1v) is 4.80. The fourth-order valence-electron chi connectivity index (χ4n) is 0.976. The van der Waals surface area contributed by atoms with E-state index in [0.29, 0.717) is 12.2 Å². The van der Waals surface area contributed by atoms with Crippen LogP contribution in [0.5, 0.6) is 0 Å². The molecule has 0 fully saturated rings. The maximum absolute atomic E-state index is 10.3. The highest BCUT2D eigenvalue weighted by molar-refractivity contribution is 5.66. The minimum atomic E-state index is -0.849. The van der Waals surface area contributed by atoms with Gasteiger partial charge < -0.3 is 5.11 Å². The molecule has 0 aliphatic heterocycles. The highest BCUT2D eigenvalue weighted by Crippen LogP contribution is 2.17. The highest BCUT2D eigenvalue weighted by Gasteiger charge is 2.16. The van der Waals surface area contributed by atoms with E-state index in [1.165, 1.54) is 0 Å². The summed E-state index contributed by atoms with van der Waals surface area (Å²) >= 11 is 0. The molecule has 0 aliphatic rings. The number of rotatable bonds is 3. The second-order valence-corrected chi connectivity index (χ2v) is 4.40. The third-order valence-electron chi connectivity index (χ3n) is 1.94. The fraction of sp³-hybridized carbons (Fsp3) is 0.600. The van der Waals surface area contributed by atoms with Gasteiger partial charge in [-0.2, -0.15) is 5.10 Å². The summed E-state index contributed by atoms with van der Waals surface area (Å²) in [5.74, 6) is -0.371. The van der Waals surface area contributed by atoms with Crippen molar-refractivity contribution in [2.24, 2.45) is 0 Å². The molecule has 1 aromatic heterocycles. The number of aryl methyl sites for hydroxylation is 1. The SMILES string of the molecule is CC(C)(C)c1cnc(CCC(=O)O)nn1. The molecule has 0 unspecified atom stereocenters. The van der Waals surface area contributed by atoms with Crippen molar-refractivity contribution in [2.45, 2.75) is 39.0 Å². The minimum absolute atomic E-state index is 0.0382. The Morgan fingerprint density at radius 2 is 2.07 bits per heavy atom. The second kappa shape index (κ2) is 4.33. The van der Waals surface area contributed by atoms with Gasteiger partial charge in [0.05, 0.1) is 18.3 Å². The topological polar surface area (TPSA) is 76.0 Å². The van der Waals surface area contributed by atoms with Crippen LogP contribution in [0.25, 0.3) is 0 Å². The molecule has 1 aromatic rings. The van der Waals surface area contributed by atoms with E-state index in [-0.39, 0.29) is 11.8 Å². The van der Waals surface area contributed by atoms with E-state index in [9.17, 15) is 4.79 Å². The maximum atomic E-state index is 10.3. The van der Waals surface area contributed by atoms with Crippen LogP contribution in [0.3, 0.4) is 0 Å². The summed E-state index contributed by atoms with van der Waals surface area (Å²) in [5.41, 5.74) is 0.729. The summed E-state index contributed by atoms with van der Waals surface area (Å²) < 4.78 is 0. The molecule has 0 saturated carbocycles. The zero-order valence-electron chi connectivity index (χ0n) is 9.19. The molecule has 5 nitrogen and oxygen atoms in total. The van der Waals surface area contributed by atoms with Crippen molar-refractivity contribution < 1.29 is 9.90 Å². The van der Waals surface area contributed by atoms with Gasteiger partial charge in [-0.3, -0.25) is 4.79 Å². The van der Waals surface area contributed by atoms with Crippen LogP contribution in [0.2, 0.25) is 0 Å². The van der Waals surface area contributed by atoms with Crippen LogP contribution in [0, 0.1) is 0 Å². The van der Waals surface area contributed by atoms with Gasteiger partial charge >= 0.3 is 5.97 Å². The number of carboxylic acids is 1. The normalized spacial score (nSPS) is 11.4. The predicted molar refractivity (Wildman–Crippen MR) is 54.5 cm³/mol. The number of nitrogens with zero attached hydrogens (tertiary/aromatic N) is 3. The standard InChI is InChI=1S/C10H15N3O2/c1-10(2,3)7-6-11-8(13-12-7)4-5-9(14)15/h6H,4-5H2,1-3H3,(H,14,15). The summed E-state index contributed by atoms with van der Waals surface area (Å²) in [6.07, 6.45) is 2.02. The van der Waals surface area contributed by atoms with Gasteiger partial charge in [-0.25, -0.2) is 4.98 Å². The van der Waals surface area contributed by atoms with Crippen molar-refractivity contribution in [3.63, 3.8) is 0 Å². The third kappa shape index (κ3) is 3.61. The van der Waals surface area contributed by atoms with Gasteiger partial charge in [-0.15, -0.1) is 5.10 Å². The quantitative estimate of drug-likeness (QED) is 0.809. The molecular weight excluding hydrogens is 194 g/mol. The molecule has 1 N–H and O–H groups in total. The summed E-state index contributed by atoms with van der Waals surface area (Å²) in [6, 6.07) is 0. The smallest absolute Gasteiger partial charge is 0.303 e. The largest absolute Gasteiger partial charge is 0.481 e. The Balaban J connectivity index is 2.69. The second-order valence-electron chi connectivity index (χ2n) is 4.40. The lowest BCUT2D eigenvalue weighted by atomic mass is 9.93. The van der Waals surface area contributed by atoms with Crippen molar-refractivity contribution in [3.05, 3.63) is 17.7 Å². The molecule has 0 atom stereocenters. The monoisotopic (exact) mass is 209 g/mol. The van der Waals surface area contributed by atoms with E-state index >= 15 is 0 Å². The Labute approximate surface area is 88.6 Å². The van der Waals surface area contributed by atoms with Crippen LogP contribution in [0.1, 0.15) is 38.7 Å². The Kier molecular flexibility index (Phi) is 3.34. The van der Waals surface area contributed by atoms with E-state index < -0.39 is 5.97 Å². The van der Waals surface area contributed by atoms with Gasteiger partial charge in [-0.1, -0.05) is 20.8 Å². The lowest BCUT2D eigenvalue weighted by Gasteiger charge is -2.15. The highest BCUT2D eigenvalue weighted by atomic mass is 16.4. The molecule has 1 rings (SSSR count). The maximum Gasteiger partial charge on any atom is 0.303 e. The molecule has 15 heavy (non-hydrogen) atoms. The van der Waals surface area contributed by atoms with Crippen LogP contribution in [0.4, 0.5) is 0 Å². The summed E-state index contributed by atoms with van der Waals surface area (Å²) in [4.78, 5) is 14.4. The number of hydrogen-bond acceptors (Lipinski definition) is 4. The summed E-state index contributed by atoms with van der Waals surface area (Å²) in [7, 11) is 0. The van der Waals surface area contributed by atoms with E-state index in [2.05, 4.69) is 15.2 Å². The number of carboxylic acid groups (broad SMARTS) is 1. The van der Waals surface area contributed by atoms with Crippen LogP contribution in [0.15, 0.2) is 6.20 Å². The Morgan fingerprint density at radius 1 is 1.40 bits per heavy atom. The Bertz CT molecular complexity index is 341. The van der Waals surface area contributed by atoms with Crippen LogP contribution >= 0.6 is 0 Å². The molecule has 82 valence electrons. The molecule has 1 heterocycles. The van der Waals surface area contributed by atoms with Crippen molar-refractivity contribution in [1.82, 2.24) is 15.2 Å². The first kappa shape index (κ1) is 11.6. The first-order valence-electron chi connectivity index (χ1n) is 4.80. The lowest BCUT2D eigenvalue weighted by molar-refractivity contribution is -0.137. The Morgan fingerprint density at radius 3 is 2.47 bits per heavy atom. The van der Waals surface area contributed by atoms with E-state index in [1.807, 2.05) is 20.8 Å². The van der Waals surface area contributed by atoms with Gasteiger partial charge in [0.15, 0.2) is 5.82 Å². The van der Waals surface area contributed by atoms with E-state index in [1.54, 1.807) is 6.20 Å². The summed E-state index contributed by atoms with van der Waals surface area (Å²) in [5, 5.41) is 16.4. The molecule has 0 amide bonds. The molecule has 0 spiro atoms. The molecule has 0 aliphatic carbocycles. The molecule has 0 aromatic carbocycles. The molecular formula is C10H15N3O2. The van der Waals surface area contributed by atoms with Crippen LogP contribution in [-0.2, 0) is 16.6 Å². The van der Waals surface area contributed by atoms with Gasteiger partial charge in [0.1, 0.15) is 0 Å². The van der Waals surface area contributed by atoms with Crippen molar-refractivity contribution in [3.8, 4) is 0 Å². The van der Waals surface area contributed by atoms with E-state index in [4.69, 9.17) is 5.11 Å². The van der Waals surface area contributed by atoms with Crippen molar-refractivity contribution >= 4 is 5.97 Å². The fourth-order valence-corrected chi connectivity index (χ4v) is 0.976. The molecule has 0 saturated heterocycles. The van der Waals surface area contributed by atoms with Gasteiger partial charge in [0.25, 0.3) is 0 Å². The van der Waals surface area contributed by atoms with Gasteiger partial charge in [-0.05, 0) is 0 Å². The Hall–Kier alpha value is -1.52. The zero-order chi connectivity index (χ0) is 11.5. The van der Waals surface area contributed by atoms with Crippen molar-refractivity contribution in [2.75, 3.05) is 0 Å². The van der Waals surface area contributed by atoms with Crippen LogP contribution in [-0.4, -0.2) is 26.3 Å². The first-order chi connectivity index (χ1) is 6.89.